The molecule has 0 spiro atoms. The van der Waals surface area contributed by atoms with E-state index in [1.807, 2.05) is 0 Å². The zero-order valence-electron chi connectivity index (χ0n) is 12.3. The number of carbonyl (C=O) groups excluding carboxylic acids is 2. The summed E-state index contributed by atoms with van der Waals surface area (Å²) in [5.41, 5.74) is 11.3. The number of hydrogen-bond acceptors (Lipinski definition) is 4. The Kier molecular flexibility index (Phi) is 4.99. The molecule has 6 heteroatoms. The molecule has 4 N–H and O–H groups in total. The molecule has 2 fully saturated rings. The molecule has 114 valence electrons. The average molecular weight is 282 g/mol. The lowest BCUT2D eigenvalue weighted by Crippen LogP contribution is -2.51. The van der Waals surface area contributed by atoms with Crippen molar-refractivity contribution in [3.05, 3.63) is 0 Å². The normalized spacial score (nSPS) is 32.1. The van der Waals surface area contributed by atoms with Crippen LogP contribution in [-0.2, 0) is 9.59 Å². The van der Waals surface area contributed by atoms with Gasteiger partial charge in [-0.15, -0.1) is 0 Å². The fourth-order valence-corrected chi connectivity index (χ4v) is 3.12. The van der Waals surface area contributed by atoms with Crippen LogP contribution in [-0.4, -0.2) is 60.4 Å². The van der Waals surface area contributed by atoms with E-state index in [0.29, 0.717) is 19.0 Å². The molecule has 0 radical (unpaired) electrons. The Morgan fingerprint density at radius 1 is 1.20 bits per heavy atom. The quantitative estimate of drug-likeness (QED) is 0.721. The number of likely N-dealkylation sites (tertiary alicyclic amines) is 2. The molecule has 2 amide bonds. The fraction of sp³-hybridized carbons (Fsp3) is 0.857. The second-order valence-corrected chi connectivity index (χ2v) is 6.25. The number of nitrogens with zero attached hydrogens (tertiary/aromatic N) is 2. The van der Waals surface area contributed by atoms with Gasteiger partial charge in [0.1, 0.15) is 0 Å². The number of carbonyl (C=O) groups is 2. The van der Waals surface area contributed by atoms with E-state index >= 15 is 0 Å². The van der Waals surface area contributed by atoms with Crippen LogP contribution < -0.4 is 11.5 Å². The van der Waals surface area contributed by atoms with Crippen molar-refractivity contribution in [2.24, 2.45) is 23.3 Å². The van der Waals surface area contributed by atoms with Crippen molar-refractivity contribution >= 4 is 11.8 Å². The molecule has 2 saturated heterocycles. The number of amides is 2. The van der Waals surface area contributed by atoms with E-state index in [1.54, 1.807) is 4.90 Å². The van der Waals surface area contributed by atoms with Gasteiger partial charge in [-0.1, -0.05) is 6.92 Å². The summed E-state index contributed by atoms with van der Waals surface area (Å²) in [6, 6.07) is 0.246. The van der Waals surface area contributed by atoms with Gasteiger partial charge in [-0.05, 0) is 25.2 Å². The lowest BCUT2D eigenvalue weighted by atomic mass is 9.94. The Balaban J connectivity index is 1.84. The molecule has 20 heavy (non-hydrogen) atoms. The summed E-state index contributed by atoms with van der Waals surface area (Å²) in [5, 5.41) is 0. The smallest absolute Gasteiger partial charge is 0.236 e. The second kappa shape index (κ2) is 6.54. The minimum Gasteiger partial charge on any atom is -0.369 e. The van der Waals surface area contributed by atoms with Crippen molar-refractivity contribution in [2.75, 3.05) is 32.7 Å². The maximum Gasteiger partial charge on any atom is 0.236 e. The first kappa shape index (κ1) is 15.3. The molecule has 3 unspecified atom stereocenters. The molecule has 0 aromatic heterocycles. The summed E-state index contributed by atoms with van der Waals surface area (Å²) in [7, 11) is 0. The van der Waals surface area contributed by atoms with E-state index in [9.17, 15) is 9.59 Å². The highest BCUT2D eigenvalue weighted by Gasteiger charge is 2.29. The van der Waals surface area contributed by atoms with E-state index in [2.05, 4.69) is 11.8 Å². The zero-order valence-corrected chi connectivity index (χ0v) is 12.3. The first-order chi connectivity index (χ1) is 9.47. The predicted molar refractivity (Wildman–Crippen MR) is 76.7 cm³/mol. The lowest BCUT2D eigenvalue weighted by molar-refractivity contribution is -0.136. The molecule has 2 rings (SSSR count). The van der Waals surface area contributed by atoms with Crippen LogP contribution in [0.1, 0.15) is 26.2 Å². The van der Waals surface area contributed by atoms with Crippen molar-refractivity contribution < 1.29 is 9.59 Å². The minimum absolute atomic E-state index is 0.110. The van der Waals surface area contributed by atoms with Gasteiger partial charge < -0.3 is 16.4 Å². The minimum atomic E-state index is -0.292. The van der Waals surface area contributed by atoms with E-state index in [1.165, 1.54) is 0 Å². The molecule has 0 aromatic carbocycles. The third kappa shape index (κ3) is 3.70. The number of hydrogen-bond donors (Lipinski definition) is 2. The van der Waals surface area contributed by atoms with Crippen LogP contribution in [0.3, 0.4) is 0 Å². The molecule has 0 bridgehead atoms. The highest BCUT2D eigenvalue weighted by Crippen LogP contribution is 2.18. The van der Waals surface area contributed by atoms with Crippen molar-refractivity contribution in [3.8, 4) is 0 Å². The maximum atomic E-state index is 12.3. The summed E-state index contributed by atoms with van der Waals surface area (Å²) in [6.07, 6.45) is 2.60. The van der Waals surface area contributed by atoms with Crippen LogP contribution in [0.25, 0.3) is 0 Å². The van der Waals surface area contributed by atoms with Gasteiger partial charge in [0.05, 0.1) is 12.5 Å². The van der Waals surface area contributed by atoms with Gasteiger partial charge in [0, 0.05) is 32.2 Å². The third-order valence-electron chi connectivity index (χ3n) is 4.59. The van der Waals surface area contributed by atoms with Gasteiger partial charge in [0.25, 0.3) is 0 Å². The van der Waals surface area contributed by atoms with E-state index < -0.39 is 0 Å². The lowest BCUT2D eigenvalue weighted by Gasteiger charge is -2.37. The molecule has 6 nitrogen and oxygen atoms in total. The summed E-state index contributed by atoms with van der Waals surface area (Å²) in [4.78, 5) is 27.5. The molecule has 0 aliphatic carbocycles. The van der Waals surface area contributed by atoms with Crippen molar-refractivity contribution in [3.63, 3.8) is 0 Å². The number of piperidine rings is 2. The zero-order chi connectivity index (χ0) is 14.7. The Labute approximate surface area is 120 Å². The Morgan fingerprint density at radius 3 is 2.60 bits per heavy atom. The molecular weight excluding hydrogens is 256 g/mol. The summed E-state index contributed by atoms with van der Waals surface area (Å²) in [5.74, 6) is 0.0661. The van der Waals surface area contributed by atoms with Crippen LogP contribution >= 0.6 is 0 Å². The van der Waals surface area contributed by atoms with Gasteiger partial charge in [0.15, 0.2) is 0 Å². The second-order valence-electron chi connectivity index (χ2n) is 6.25. The van der Waals surface area contributed by atoms with Gasteiger partial charge in [-0.2, -0.15) is 0 Å². The standard InChI is InChI=1S/C14H26N4O2/c1-10-7-17(6-4-12(10)15)9-13(19)18-5-2-3-11(8-18)14(16)20/h10-12H,2-9,15H2,1H3,(H2,16,20). The molecule has 0 aromatic rings. The van der Waals surface area contributed by atoms with Crippen LogP contribution in [0.15, 0.2) is 0 Å². The average Bonchev–Trinajstić information content (AvgIpc) is 2.43. The van der Waals surface area contributed by atoms with Gasteiger partial charge in [0.2, 0.25) is 11.8 Å². The summed E-state index contributed by atoms with van der Waals surface area (Å²) < 4.78 is 0. The highest BCUT2D eigenvalue weighted by atomic mass is 16.2. The molecule has 2 heterocycles. The number of nitrogens with two attached hydrogens (primary N) is 2. The Hall–Kier alpha value is -1.14. The predicted octanol–water partition coefficient (Wildman–Crippen LogP) is -0.621. The molecule has 3 atom stereocenters. The Bertz CT molecular complexity index is 374. The fourth-order valence-electron chi connectivity index (χ4n) is 3.12. The first-order valence-electron chi connectivity index (χ1n) is 7.52. The van der Waals surface area contributed by atoms with Crippen molar-refractivity contribution in [1.82, 2.24) is 9.80 Å². The van der Waals surface area contributed by atoms with E-state index in [0.717, 1.165) is 38.9 Å². The molecular formula is C14H26N4O2. The largest absolute Gasteiger partial charge is 0.369 e. The topological polar surface area (TPSA) is 92.7 Å². The number of rotatable bonds is 3. The van der Waals surface area contributed by atoms with Crippen LogP contribution in [0.5, 0.6) is 0 Å². The summed E-state index contributed by atoms with van der Waals surface area (Å²) in [6.45, 7) is 5.54. The molecule has 2 aliphatic rings. The van der Waals surface area contributed by atoms with Crippen molar-refractivity contribution in [1.29, 1.82) is 0 Å². The molecule has 0 saturated carbocycles. The SMILES string of the molecule is CC1CN(CC(=O)N2CCCC(C(N)=O)C2)CCC1N. The number of primary amides is 1. The first-order valence-corrected chi connectivity index (χ1v) is 7.52. The van der Waals surface area contributed by atoms with Crippen molar-refractivity contribution in [2.45, 2.75) is 32.2 Å². The van der Waals surface area contributed by atoms with Gasteiger partial charge in [-0.25, -0.2) is 0 Å². The van der Waals surface area contributed by atoms with Gasteiger partial charge >= 0.3 is 0 Å². The third-order valence-corrected chi connectivity index (χ3v) is 4.59. The maximum absolute atomic E-state index is 12.3. The van der Waals surface area contributed by atoms with Crippen LogP contribution in [0.4, 0.5) is 0 Å². The van der Waals surface area contributed by atoms with Gasteiger partial charge in [-0.3, -0.25) is 14.5 Å². The summed E-state index contributed by atoms with van der Waals surface area (Å²) >= 11 is 0. The van der Waals surface area contributed by atoms with E-state index in [-0.39, 0.29) is 23.8 Å². The highest BCUT2D eigenvalue weighted by molar-refractivity contribution is 5.81. The van der Waals surface area contributed by atoms with Crippen LogP contribution in [0.2, 0.25) is 0 Å². The van der Waals surface area contributed by atoms with E-state index in [4.69, 9.17) is 11.5 Å². The monoisotopic (exact) mass is 282 g/mol. The molecule has 2 aliphatic heterocycles. The van der Waals surface area contributed by atoms with Crippen LogP contribution in [0, 0.1) is 11.8 Å². The Morgan fingerprint density at radius 2 is 1.95 bits per heavy atom.